The van der Waals surface area contributed by atoms with Gasteiger partial charge in [0, 0.05) is 18.1 Å². The van der Waals surface area contributed by atoms with Crippen molar-refractivity contribution in [3.63, 3.8) is 0 Å². The van der Waals surface area contributed by atoms with Crippen LogP contribution in [0.2, 0.25) is 5.02 Å². The van der Waals surface area contributed by atoms with Crippen LogP contribution in [0, 0.1) is 6.92 Å². The van der Waals surface area contributed by atoms with Crippen molar-refractivity contribution in [1.29, 1.82) is 0 Å². The van der Waals surface area contributed by atoms with Crippen LogP contribution in [0.3, 0.4) is 0 Å². The van der Waals surface area contributed by atoms with Gasteiger partial charge in [-0.2, -0.15) is 4.98 Å². The normalized spacial score (nSPS) is 14.6. The first kappa shape index (κ1) is 25.0. The Balaban J connectivity index is 1.76. The summed E-state index contributed by atoms with van der Waals surface area (Å²) in [5.41, 5.74) is 1.55. The first-order valence-electron chi connectivity index (χ1n) is 10.9. The minimum absolute atomic E-state index is 0.0319. The van der Waals surface area contributed by atoms with Gasteiger partial charge in [-0.3, -0.25) is 14.2 Å². The van der Waals surface area contributed by atoms with Crippen LogP contribution in [0.1, 0.15) is 31.9 Å². The zero-order valence-corrected chi connectivity index (χ0v) is 22.0. The summed E-state index contributed by atoms with van der Waals surface area (Å²) in [6.07, 6.45) is 0. The Kier molecular flexibility index (Phi) is 7.51. The van der Waals surface area contributed by atoms with Crippen molar-refractivity contribution < 1.29 is 14.3 Å². The van der Waals surface area contributed by atoms with Crippen molar-refractivity contribution in [2.24, 2.45) is 0 Å². The first-order chi connectivity index (χ1) is 16.1. The predicted octanol–water partition coefficient (Wildman–Crippen LogP) is 4.13. The van der Waals surface area contributed by atoms with Gasteiger partial charge in [-0.15, -0.1) is 0 Å². The number of morpholine rings is 1. The largest absolute Gasteiger partial charge is 0.459 e. The Morgan fingerprint density at radius 1 is 1.26 bits per heavy atom. The summed E-state index contributed by atoms with van der Waals surface area (Å²) in [6, 6.07) is 5.73. The highest BCUT2D eigenvalue weighted by Crippen LogP contribution is 2.31. The Labute approximate surface area is 211 Å². The molecule has 2 aromatic heterocycles. The molecular weight excluding hydrogens is 496 g/mol. The molecule has 0 aliphatic carbocycles. The number of ether oxygens (including phenoxy) is 2. The average molecular weight is 523 g/mol. The van der Waals surface area contributed by atoms with Crippen LogP contribution in [0.15, 0.2) is 28.2 Å². The van der Waals surface area contributed by atoms with E-state index >= 15 is 0 Å². The minimum atomic E-state index is -0.589. The van der Waals surface area contributed by atoms with Crippen LogP contribution >= 0.6 is 34.7 Å². The summed E-state index contributed by atoms with van der Waals surface area (Å²) in [5.74, 6) is -0.339. The summed E-state index contributed by atoms with van der Waals surface area (Å²) < 4.78 is 13.3. The van der Waals surface area contributed by atoms with E-state index in [0.717, 1.165) is 29.3 Å². The Bertz CT molecular complexity index is 1260. The van der Waals surface area contributed by atoms with Crippen LogP contribution in [0.4, 0.5) is 5.13 Å². The van der Waals surface area contributed by atoms with Gasteiger partial charge >= 0.3 is 5.97 Å². The van der Waals surface area contributed by atoms with Gasteiger partial charge < -0.3 is 14.4 Å². The predicted molar refractivity (Wildman–Crippen MR) is 137 cm³/mol. The molecule has 0 spiro atoms. The van der Waals surface area contributed by atoms with Crippen molar-refractivity contribution in [2.45, 2.75) is 45.0 Å². The maximum atomic E-state index is 12.9. The van der Waals surface area contributed by atoms with Crippen LogP contribution in [-0.2, 0) is 20.8 Å². The summed E-state index contributed by atoms with van der Waals surface area (Å²) >= 11 is 8.87. The summed E-state index contributed by atoms with van der Waals surface area (Å²) in [5, 5.41) is 1.85. The number of halogens is 1. The molecule has 1 aliphatic rings. The lowest BCUT2D eigenvalue weighted by Crippen LogP contribution is -2.36. The molecule has 0 N–H and O–H groups in total. The van der Waals surface area contributed by atoms with Gasteiger partial charge in [0.25, 0.3) is 5.56 Å². The van der Waals surface area contributed by atoms with Gasteiger partial charge in [0.15, 0.2) is 15.9 Å². The molecular formula is C23H27ClN4O4S2. The Morgan fingerprint density at radius 3 is 2.71 bits per heavy atom. The van der Waals surface area contributed by atoms with Gasteiger partial charge in [0.1, 0.15) is 10.3 Å². The molecule has 8 nitrogen and oxygen atoms in total. The van der Waals surface area contributed by atoms with E-state index in [1.807, 2.05) is 50.5 Å². The minimum Gasteiger partial charge on any atom is -0.459 e. The topological polar surface area (TPSA) is 86.6 Å². The number of fused-ring (bicyclic) bond motifs is 1. The number of esters is 1. The molecule has 1 aliphatic heterocycles. The number of hydrogen-bond acceptors (Lipinski definition) is 9. The lowest BCUT2D eigenvalue weighted by Gasteiger charge is -2.25. The summed E-state index contributed by atoms with van der Waals surface area (Å²) in [4.78, 5) is 36.6. The second kappa shape index (κ2) is 10.2. The number of thioether (sulfide) groups is 1. The number of nitrogens with zero attached hydrogens (tertiary/aromatic N) is 4. The molecule has 1 fully saturated rings. The van der Waals surface area contributed by atoms with E-state index in [1.54, 1.807) is 0 Å². The van der Waals surface area contributed by atoms with Gasteiger partial charge in [0.2, 0.25) is 0 Å². The number of hydrogen-bond donors (Lipinski definition) is 0. The third-order valence-corrected chi connectivity index (χ3v) is 7.66. The third kappa shape index (κ3) is 5.73. The Morgan fingerprint density at radius 2 is 2.00 bits per heavy atom. The van der Waals surface area contributed by atoms with Crippen molar-refractivity contribution >= 4 is 56.1 Å². The zero-order valence-electron chi connectivity index (χ0n) is 19.6. The molecule has 182 valence electrons. The van der Waals surface area contributed by atoms with Crippen molar-refractivity contribution in [3.8, 4) is 0 Å². The van der Waals surface area contributed by atoms with E-state index in [0.29, 0.717) is 40.3 Å². The molecule has 34 heavy (non-hydrogen) atoms. The van der Waals surface area contributed by atoms with Gasteiger partial charge in [-0.25, -0.2) is 4.98 Å². The number of thiazole rings is 1. The van der Waals surface area contributed by atoms with Gasteiger partial charge in [0.05, 0.1) is 25.5 Å². The standard InChI is InChI=1S/C23H27ClN4O4S2/c1-14-15(6-5-7-16(14)24)12-28-19-18(34-21(25-19)27-8-10-31-11-9-27)20(30)26-22(28)33-13-17(29)32-23(2,3)4/h5-7H,8-13H2,1-4H3. The number of rotatable bonds is 6. The molecule has 11 heteroatoms. The fourth-order valence-corrected chi connectivity index (χ4v) is 5.50. The molecule has 0 saturated carbocycles. The van der Waals surface area contributed by atoms with Crippen molar-refractivity contribution in [3.05, 3.63) is 44.7 Å². The van der Waals surface area contributed by atoms with Crippen molar-refractivity contribution in [1.82, 2.24) is 14.5 Å². The smallest absolute Gasteiger partial charge is 0.316 e. The summed E-state index contributed by atoms with van der Waals surface area (Å²) in [7, 11) is 0. The van der Waals surface area contributed by atoms with E-state index < -0.39 is 5.60 Å². The molecule has 0 atom stereocenters. The molecule has 0 amide bonds. The molecule has 1 saturated heterocycles. The lowest BCUT2D eigenvalue weighted by atomic mass is 10.1. The molecule has 1 aromatic carbocycles. The maximum Gasteiger partial charge on any atom is 0.316 e. The van der Waals surface area contributed by atoms with Crippen LogP contribution < -0.4 is 10.5 Å². The highest BCUT2D eigenvalue weighted by Gasteiger charge is 2.23. The highest BCUT2D eigenvalue weighted by atomic mass is 35.5. The molecule has 3 heterocycles. The number of anilines is 1. The molecule has 4 rings (SSSR count). The summed E-state index contributed by atoms with van der Waals surface area (Å²) in [6.45, 7) is 10.5. The van der Waals surface area contributed by atoms with E-state index in [2.05, 4.69) is 9.88 Å². The maximum absolute atomic E-state index is 12.9. The van der Waals surface area contributed by atoms with E-state index in [9.17, 15) is 9.59 Å². The van der Waals surface area contributed by atoms with Crippen LogP contribution in [0.5, 0.6) is 0 Å². The van der Waals surface area contributed by atoms with Crippen molar-refractivity contribution in [2.75, 3.05) is 37.0 Å². The van der Waals surface area contributed by atoms with Crippen LogP contribution in [0.25, 0.3) is 10.3 Å². The Hall–Kier alpha value is -2.14. The van der Waals surface area contributed by atoms with Gasteiger partial charge in [-0.05, 0) is 44.9 Å². The molecule has 0 unspecified atom stereocenters. The lowest BCUT2D eigenvalue weighted by molar-refractivity contribution is -0.151. The highest BCUT2D eigenvalue weighted by molar-refractivity contribution is 7.99. The average Bonchev–Trinajstić information content (AvgIpc) is 3.23. The van der Waals surface area contributed by atoms with E-state index in [-0.39, 0.29) is 17.3 Å². The quantitative estimate of drug-likeness (QED) is 0.271. The second-order valence-electron chi connectivity index (χ2n) is 8.93. The van der Waals surface area contributed by atoms with Crippen LogP contribution in [-0.4, -0.2) is 58.2 Å². The molecule has 3 aromatic rings. The zero-order chi connectivity index (χ0) is 24.5. The van der Waals surface area contributed by atoms with E-state index in [4.69, 9.17) is 26.1 Å². The van der Waals surface area contributed by atoms with Gasteiger partial charge in [-0.1, -0.05) is 46.8 Å². The third-order valence-electron chi connectivity index (χ3n) is 5.21. The fraction of sp³-hybridized carbons (Fsp3) is 0.478. The number of carbonyl (C=O) groups is 1. The molecule has 0 bridgehead atoms. The SMILES string of the molecule is Cc1c(Cl)cccc1Cn1c(SCC(=O)OC(C)(C)C)nc(=O)c2sc(N3CCOCC3)nc21. The van der Waals surface area contributed by atoms with E-state index in [1.165, 1.54) is 23.1 Å². The number of aromatic nitrogens is 3. The second-order valence-corrected chi connectivity index (χ2v) is 11.3. The number of benzene rings is 1. The monoisotopic (exact) mass is 522 g/mol. The first-order valence-corrected chi connectivity index (χ1v) is 13.1. The fourth-order valence-electron chi connectivity index (χ4n) is 3.54. The molecule has 0 radical (unpaired) electrons. The number of carbonyl (C=O) groups excluding carboxylic acids is 1.